The van der Waals surface area contributed by atoms with E-state index in [0.717, 1.165) is 17.8 Å². The van der Waals surface area contributed by atoms with E-state index in [1.165, 1.54) is 18.4 Å². The van der Waals surface area contributed by atoms with Gasteiger partial charge in [0.05, 0.1) is 11.7 Å². The summed E-state index contributed by atoms with van der Waals surface area (Å²) in [7, 11) is 2.04. The van der Waals surface area contributed by atoms with E-state index >= 15 is 0 Å². The second kappa shape index (κ2) is 11.3. The maximum atomic E-state index is 13.7. The largest absolute Gasteiger partial charge is 0.339 e. The van der Waals surface area contributed by atoms with Crippen LogP contribution in [-0.4, -0.2) is 82.0 Å². The van der Waals surface area contributed by atoms with Gasteiger partial charge in [0, 0.05) is 45.0 Å². The first-order valence-electron chi connectivity index (χ1n) is 14.4. The number of imidazole rings is 1. The lowest BCUT2D eigenvalue weighted by Gasteiger charge is -2.33. The molecule has 2 unspecified atom stereocenters. The Morgan fingerprint density at radius 1 is 0.925 bits per heavy atom. The number of urea groups is 1. The highest BCUT2D eigenvalue weighted by Crippen LogP contribution is 2.32. The molecule has 2 aromatic carbocycles. The first kappa shape index (κ1) is 26.4. The molecular weight excluding hydrogens is 504 g/mol. The van der Waals surface area contributed by atoms with E-state index in [0.29, 0.717) is 44.9 Å². The number of aromatic amines is 1. The second-order valence-electron chi connectivity index (χ2n) is 11.5. The number of hydrogen-bond donors (Lipinski definition) is 2. The lowest BCUT2D eigenvalue weighted by molar-refractivity contribution is -0.132. The van der Waals surface area contributed by atoms with Crippen LogP contribution in [0.2, 0.25) is 0 Å². The number of piperidine rings is 1. The summed E-state index contributed by atoms with van der Waals surface area (Å²) >= 11 is 0. The number of H-pyrrole nitrogens is 1. The molecule has 1 aromatic heterocycles. The van der Waals surface area contributed by atoms with E-state index in [1.807, 2.05) is 66.7 Å². The molecule has 3 fully saturated rings. The number of nitrogens with zero attached hydrogens (tertiary/aromatic N) is 4. The molecule has 2 aliphatic heterocycles. The summed E-state index contributed by atoms with van der Waals surface area (Å²) in [5.41, 5.74) is 2.82. The Kier molecular flexibility index (Phi) is 7.47. The summed E-state index contributed by atoms with van der Waals surface area (Å²) in [4.78, 5) is 48.7. The van der Waals surface area contributed by atoms with Crippen molar-refractivity contribution in [2.45, 2.75) is 43.8 Å². The van der Waals surface area contributed by atoms with Crippen molar-refractivity contribution in [2.24, 2.45) is 5.92 Å². The third-order valence-corrected chi connectivity index (χ3v) is 8.64. The average Bonchev–Trinajstić information content (AvgIpc) is 3.74. The zero-order valence-corrected chi connectivity index (χ0v) is 23.0. The van der Waals surface area contributed by atoms with Crippen LogP contribution in [-0.2, 0) is 4.79 Å². The van der Waals surface area contributed by atoms with E-state index in [9.17, 15) is 14.4 Å². The monoisotopic (exact) mass is 542 g/mol. The Balaban J connectivity index is 1.10. The van der Waals surface area contributed by atoms with Gasteiger partial charge in [0.2, 0.25) is 5.91 Å². The fourth-order valence-corrected chi connectivity index (χ4v) is 6.10. The Morgan fingerprint density at radius 3 is 2.27 bits per heavy atom. The zero-order valence-electron chi connectivity index (χ0n) is 23.0. The van der Waals surface area contributed by atoms with E-state index in [4.69, 9.17) is 0 Å². The molecule has 2 atom stereocenters. The molecule has 9 nitrogen and oxygen atoms in total. The minimum atomic E-state index is -0.594. The van der Waals surface area contributed by atoms with Crippen LogP contribution in [0.1, 0.15) is 43.3 Å². The molecule has 1 aliphatic carbocycles. The van der Waals surface area contributed by atoms with Crippen LogP contribution in [0.5, 0.6) is 0 Å². The van der Waals surface area contributed by atoms with Crippen molar-refractivity contribution in [2.75, 3.05) is 39.8 Å². The maximum Gasteiger partial charge on any atom is 0.326 e. The number of aromatic nitrogens is 2. The van der Waals surface area contributed by atoms with Crippen molar-refractivity contribution in [3.05, 3.63) is 82.9 Å². The molecule has 3 aromatic rings. The number of benzene rings is 2. The highest BCUT2D eigenvalue weighted by molar-refractivity contribution is 5.87. The predicted molar refractivity (Wildman–Crippen MR) is 154 cm³/mol. The van der Waals surface area contributed by atoms with Crippen molar-refractivity contribution in [3.8, 4) is 11.3 Å². The topological polar surface area (TPSA) is 93.7 Å². The predicted octanol–water partition coefficient (Wildman–Crippen LogP) is 3.48. The number of carbonyl (C=O) groups excluding carboxylic acids is 2. The number of rotatable bonds is 6. The molecular formula is C31H38N6O3. The lowest BCUT2D eigenvalue weighted by Crippen LogP contribution is -2.55. The zero-order chi connectivity index (χ0) is 27.6. The van der Waals surface area contributed by atoms with Crippen LogP contribution >= 0.6 is 0 Å². The first-order valence-corrected chi connectivity index (χ1v) is 14.4. The van der Waals surface area contributed by atoms with Crippen molar-refractivity contribution in [1.82, 2.24) is 29.6 Å². The van der Waals surface area contributed by atoms with Crippen molar-refractivity contribution in [3.63, 3.8) is 0 Å². The Bertz CT molecular complexity index is 1370. The Hall–Kier alpha value is -3.85. The van der Waals surface area contributed by atoms with Gasteiger partial charge in [0.15, 0.2) is 0 Å². The molecule has 9 heteroatoms. The molecule has 6 rings (SSSR count). The molecule has 210 valence electrons. The van der Waals surface area contributed by atoms with Gasteiger partial charge in [-0.05, 0) is 49.8 Å². The van der Waals surface area contributed by atoms with Gasteiger partial charge in [0.25, 0.3) is 0 Å². The summed E-state index contributed by atoms with van der Waals surface area (Å²) in [6.07, 6.45) is 5.58. The smallest absolute Gasteiger partial charge is 0.326 e. The highest BCUT2D eigenvalue weighted by atomic mass is 16.2. The van der Waals surface area contributed by atoms with E-state index in [1.54, 1.807) is 9.47 Å². The van der Waals surface area contributed by atoms with Gasteiger partial charge < -0.3 is 20.1 Å². The van der Waals surface area contributed by atoms with Gasteiger partial charge in [-0.1, -0.05) is 60.7 Å². The van der Waals surface area contributed by atoms with Gasteiger partial charge in [-0.2, -0.15) is 0 Å². The van der Waals surface area contributed by atoms with Crippen molar-refractivity contribution >= 4 is 11.9 Å². The summed E-state index contributed by atoms with van der Waals surface area (Å²) in [6.45, 7) is 2.91. The average molecular weight is 543 g/mol. The second-order valence-corrected chi connectivity index (χ2v) is 11.5. The van der Waals surface area contributed by atoms with Gasteiger partial charge in [0.1, 0.15) is 6.04 Å². The summed E-state index contributed by atoms with van der Waals surface area (Å²) < 4.78 is 1.76. The van der Waals surface area contributed by atoms with Crippen LogP contribution in [0.3, 0.4) is 0 Å². The maximum absolute atomic E-state index is 13.7. The number of nitrogens with one attached hydrogen (secondary N) is 2. The van der Waals surface area contributed by atoms with E-state index in [-0.39, 0.29) is 29.7 Å². The Morgan fingerprint density at radius 2 is 1.60 bits per heavy atom. The van der Waals surface area contributed by atoms with Crippen LogP contribution in [0.4, 0.5) is 4.79 Å². The SMILES string of the molecule is CN1CC(NC(=O)N2CCC(n3cc(-c4ccccc4)[nH]c3=O)CC2)C(=O)N(CC2CC2)CC1c1ccccc1. The number of carbonyl (C=O) groups is 2. The molecule has 3 aliphatic rings. The van der Waals surface area contributed by atoms with Crippen molar-refractivity contribution < 1.29 is 9.59 Å². The summed E-state index contributed by atoms with van der Waals surface area (Å²) in [5, 5.41) is 3.08. The minimum absolute atomic E-state index is 0.00716. The van der Waals surface area contributed by atoms with Gasteiger partial charge >= 0.3 is 11.7 Å². The first-order chi connectivity index (χ1) is 19.5. The molecule has 2 N–H and O–H groups in total. The van der Waals surface area contributed by atoms with Crippen LogP contribution in [0, 0.1) is 5.92 Å². The fourth-order valence-electron chi connectivity index (χ4n) is 6.10. The fraction of sp³-hybridized carbons (Fsp3) is 0.452. The quantitative estimate of drug-likeness (QED) is 0.499. The number of hydrogen-bond acceptors (Lipinski definition) is 4. The van der Waals surface area contributed by atoms with Crippen molar-refractivity contribution in [1.29, 1.82) is 0 Å². The van der Waals surface area contributed by atoms with Crippen LogP contribution in [0.15, 0.2) is 71.7 Å². The standard InChI is InChI=1S/C31H38N6O3/c1-34-19-27(29(38)36(18-22-12-13-22)21-28(34)24-10-6-3-7-11-24)33-30(39)35-16-14-25(15-17-35)37-20-26(32-31(37)40)23-8-4-2-5-9-23/h2-11,20,22,25,27-28H,12-19,21H2,1H3,(H,32,40)(H,33,39). The van der Waals surface area contributed by atoms with Gasteiger partial charge in [-0.15, -0.1) is 0 Å². The van der Waals surface area contributed by atoms with Crippen LogP contribution in [0.25, 0.3) is 11.3 Å². The third-order valence-electron chi connectivity index (χ3n) is 8.64. The van der Waals surface area contributed by atoms with E-state index in [2.05, 4.69) is 27.3 Å². The third kappa shape index (κ3) is 5.70. The number of amides is 3. The molecule has 0 bridgehead atoms. The lowest BCUT2D eigenvalue weighted by atomic mass is 10.1. The highest BCUT2D eigenvalue weighted by Gasteiger charge is 2.38. The molecule has 2 saturated heterocycles. The van der Waals surface area contributed by atoms with Gasteiger partial charge in [-0.25, -0.2) is 9.59 Å². The Labute approximate surface area is 234 Å². The normalized spacial score (nSPS) is 22.8. The molecule has 3 heterocycles. The molecule has 3 amide bonds. The number of likely N-dealkylation sites (tertiary alicyclic amines) is 1. The summed E-state index contributed by atoms with van der Waals surface area (Å²) in [6, 6.07) is 19.4. The summed E-state index contributed by atoms with van der Waals surface area (Å²) in [5.74, 6) is 0.575. The molecule has 40 heavy (non-hydrogen) atoms. The van der Waals surface area contributed by atoms with Crippen LogP contribution < -0.4 is 11.0 Å². The van der Waals surface area contributed by atoms with Gasteiger partial charge in [-0.3, -0.25) is 14.3 Å². The number of likely N-dealkylation sites (N-methyl/N-ethyl adjacent to an activating group) is 1. The molecule has 0 spiro atoms. The minimum Gasteiger partial charge on any atom is -0.339 e. The van der Waals surface area contributed by atoms with E-state index < -0.39 is 6.04 Å². The molecule has 0 radical (unpaired) electrons. The molecule has 1 saturated carbocycles.